The van der Waals surface area contributed by atoms with E-state index in [-0.39, 0.29) is 0 Å². The number of hydrogen-bond acceptors (Lipinski definition) is 4. The lowest BCUT2D eigenvalue weighted by molar-refractivity contribution is 0.559. The molecule has 0 aliphatic heterocycles. The first-order valence-corrected chi connectivity index (χ1v) is 10.00. The van der Waals surface area contributed by atoms with Gasteiger partial charge in [-0.25, -0.2) is 9.97 Å². The number of nitrogens with zero attached hydrogens (tertiary/aromatic N) is 3. The van der Waals surface area contributed by atoms with E-state index >= 15 is 0 Å². The zero-order chi connectivity index (χ0) is 14.4. The van der Waals surface area contributed by atoms with Crippen molar-refractivity contribution >= 4 is 20.2 Å². The van der Waals surface area contributed by atoms with Crippen molar-refractivity contribution in [1.29, 1.82) is 0 Å². The fourth-order valence-electron chi connectivity index (χ4n) is 1.66. The molecule has 104 valence electrons. The van der Waals surface area contributed by atoms with E-state index in [1.54, 1.807) is 12.4 Å². The molecular weight excluding hydrogens is 266 g/mol. The molecule has 1 heterocycles. The second kappa shape index (κ2) is 6.43. The van der Waals surface area contributed by atoms with Gasteiger partial charge in [0.25, 0.3) is 0 Å². The first-order chi connectivity index (χ1) is 9.54. The third kappa shape index (κ3) is 4.58. The Hall–Kier alpha value is -2.01. The summed E-state index contributed by atoms with van der Waals surface area (Å²) in [6.07, 6.45) is 7.69. The van der Waals surface area contributed by atoms with E-state index in [2.05, 4.69) is 34.6 Å². The normalized spacial score (nSPS) is 11.8. The smallest absolute Gasteiger partial charge is 0.242 e. The monoisotopic (exact) mass is 285 g/mol. The highest BCUT2D eigenvalue weighted by Crippen LogP contribution is 2.28. The van der Waals surface area contributed by atoms with Crippen molar-refractivity contribution in [2.45, 2.75) is 26.1 Å². The maximum atomic E-state index is 6.04. The van der Waals surface area contributed by atoms with Gasteiger partial charge < -0.3 is 4.43 Å². The summed E-state index contributed by atoms with van der Waals surface area (Å²) in [5.74, 6) is 0.854. The number of para-hydroxylation sites is 2. The third-order valence-electron chi connectivity index (χ3n) is 2.45. The van der Waals surface area contributed by atoms with Crippen molar-refractivity contribution in [2.75, 3.05) is 0 Å². The second-order valence-electron chi connectivity index (χ2n) is 5.44. The molecule has 0 saturated carbocycles. The Kier molecular flexibility index (Phi) is 4.63. The van der Waals surface area contributed by atoms with Gasteiger partial charge in [0, 0.05) is 25.0 Å². The van der Waals surface area contributed by atoms with E-state index in [1.165, 1.54) is 6.33 Å². The minimum Gasteiger partial charge on any atom is -0.543 e. The summed E-state index contributed by atoms with van der Waals surface area (Å²) in [6, 6.07) is 7.87. The van der Waals surface area contributed by atoms with Crippen molar-refractivity contribution in [1.82, 2.24) is 9.97 Å². The summed E-state index contributed by atoms with van der Waals surface area (Å²) < 4.78 is 6.04. The molecule has 0 aliphatic carbocycles. The molecule has 2 rings (SSSR count). The van der Waals surface area contributed by atoms with Gasteiger partial charge in [-0.05, 0) is 37.3 Å². The van der Waals surface area contributed by atoms with E-state index in [0.29, 0.717) is 6.42 Å². The fourth-order valence-corrected chi connectivity index (χ4v) is 2.50. The third-order valence-corrected chi connectivity index (χ3v) is 3.29. The summed E-state index contributed by atoms with van der Waals surface area (Å²) >= 11 is 0. The predicted molar refractivity (Wildman–Crippen MR) is 84.3 cm³/mol. The van der Waals surface area contributed by atoms with Gasteiger partial charge in [-0.15, -0.1) is 0 Å². The van der Waals surface area contributed by atoms with Crippen molar-refractivity contribution in [2.24, 2.45) is 4.99 Å². The van der Waals surface area contributed by atoms with Crippen LogP contribution >= 0.6 is 0 Å². The molecule has 1 aromatic heterocycles. The van der Waals surface area contributed by atoms with Crippen LogP contribution < -0.4 is 4.43 Å². The maximum absolute atomic E-state index is 6.04. The zero-order valence-corrected chi connectivity index (χ0v) is 13.1. The summed E-state index contributed by atoms with van der Waals surface area (Å²) in [6.45, 7) is 6.48. The Morgan fingerprint density at radius 2 is 1.85 bits per heavy atom. The summed E-state index contributed by atoms with van der Waals surface area (Å²) in [7, 11) is -1.63. The molecule has 0 unspecified atom stereocenters. The van der Waals surface area contributed by atoms with E-state index in [4.69, 9.17) is 4.43 Å². The molecule has 0 N–H and O–H groups in total. The lowest BCUT2D eigenvalue weighted by Crippen LogP contribution is -2.29. The van der Waals surface area contributed by atoms with Crippen LogP contribution in [0.5, 0.6) is 5.75 Å². The van der Waals surface area contributed by atoms with Gasteiger partial charge in [-0.2, -0.15) is 0 Å². The standard InChI is InChI=1S/C15H19N3OSi/c1-20(2,3)19-15-7-5-4-6-14(15)18-9-8-13-10-16-12-17-11-13/h4-7,9-12H,8H2,1-3H3. The number of benzene rings is 1. The quantitative estimate of drug-likeness (QED) is 0.622. The highest BCUT2D eigenvalue weighted by atomic mass is 28.4. The van der Waals surface area contributed by atoms with Crippen molar-refractivity contribution in [3.63, 3.8) is 0 Å². The largest absolute Gasteiger partial charge is 0.543 e. The second-order valence-corrected chi connectivity index (χ2v) is 9.87. The highest BCUT2D eigenvalue weighted by Gasteiger charge is 2.17. The highest BCUT2D eigenvalue weighted by molar-refractivity contribution is 6.70. The van der Waals surface area contributed by atoms with Crippen LogP contribution in [0.2, 0.25) is 19.6 Å². The van der Waals surface area contributed by atoms with Crippen LogP contribution in [0.25, 0.3) is 0 Å². The van der Waals surface area contributed by atoms with E-state index in [9.17, 15) is 0 Å². The van der Waals surface area contributed by atoms with Crippen LogP contribution in [-0.4, -0.2) is 24.5 Å². The van der Waals surface area contributed by atoms with Crippen molar-refractivity contribution in [3.8, 4) is 5.75 Å². The molecule has 0 aliphatic rings. The van der Waals surface area contributed by atoms with Gasteiger partial charge in [0.05, 0.1) is 0 Å². The Balaban J connectivity index is 2.09. The van der Waals surface area contributed by atoms with Gasteiger partial charge in [0.1, 0.15) is 17.8 Å². The molecule has 5 heteroatoms. The maximum Gasteiger partial charge on any atom is 0.242 e. The van der Waals surface area contributed by atoms with Crippen LogP contribution in [0, 0.1) is 0 Å². The van der Waals surface area contributed by atoms with Crippen molar-refractivity contribution < 1.29 is 4.43 Å². The molecule has 2 aromatic rings. The number of aromatic nitrogens is 2. The molecule has 0 saturated heterocycles. The Bertz CT molecular complexity index is 579. The van der Waals surface area contributed by atoms with Gasteiger partial charge in [0.15, 0.2) is 0 Å². The molecule has 0 bridgehead atoms. The number of aliphatic imine (C=N–C) groups is 1. The van der Waals surface area contributed by atoms with Crippen LogP contribution in [-0.2, 0) is 6.42 Å². The summed E-state index contributed by atoms with van der Waals surface area (Å²) in [5.41, 5.74) is 1.91. The number of hydrogen-bond donors (Lipinski definition) is 0. The van der Waals surface area contributed by atoms with E-state index < -0.39 is 8.32 Å². The molecule has 0 spiro atoms. The average Bonchev–Trinajstić information content (AvgIpc) is 2.40. The zero-order valence-electron chi connectivity index (χ0n) is 12.1. The molecule has 20 heavy (non-hydrogen) atoms. The topological polar surface area (TPSA) is 47.4 Å². The fraction of sp³-hybridized carbons (Fsp3) is 0.267. The molecule has 4 nitrogen and oxygen atoms in total. The minimum atomic E-state index is -1.63. The Morgan fingerprint density at radius 1 is 1.15 bits per heavy atom. The Morgan fingerprint density at radius 3 is 2.55 bits per heavy atom. The lowest BCUT2D eigenvalue weighted by Gasteiger charge is -2.20. The molecule has 0 radical (unpaired) electrons. The average molecular weight is 285 g/mol. The lowest BCUT2D eigenvalue weighted by atomic mass is 10.2. The summed E-state index contributed by atoms with van der Waals surface area (Å²) in [5, 5.41) is 0. The first kappa shape index (κ1) is 14.4. The molecule has 0 amide bonds. The van der Waals surface area contributed by atoms with Crippen molar-refractivity contribution in [3.05, 3.63) is 48.5 Å². The molecule has 0 fully saturated rings. The first-order valence-electron chi connectivity index (χ1n) is 6.59. The Labute approximate surface area is 120 Å². The van der Waals surface area contributed by atoms with Crippen LogP contribution in [0.4, 0.5) is 5.69 Å². The van der Waals surface area contributed by atoms with Gasteiger partial charge >= 0.3 is 0 Å². The van der Waals surface area contributed by atoms with Crippen LogP contribution in [0.1, 0.15) is 5.56 Å². The van der Waals surface area contributed by atoms with Gasteiger partial charge in [-0.3, -0.25) is 4.99 Å². The van der Waals surface area contributed by atoms with Gasteiger partial charge in [-0.1, -0.05) is 12.1 Å². The number of rotatable bonds is 5. The molecular formula is C15H19N3OSi. The van der Waals surface area contributed by atoms with Gasteiger partial charge in [0.2, 0.25) is 8.32 Å². The van der Waals surface area contributed by atoms with E-state index in [0.717, 1.165) is 17.0 Å². The summed E-state index contributed by atoms with van der Waals surface area (Å²) in [4.78, 5) is 12.5. The molecule has 1 aromatic carbocycles. The SMILES string of the molecule is C[Si](C)(C)Oc1ccccc1N=CCc1cncnc1. The van der Waals surface area contributed by atoms with Crippen LogP contribution in [0.3, 0.4) is 0 Å². The minimum absolute atomic E-state index is 0.710. The van der Waals surface area contributed by atoms with E-state index in [1.807, 2.05) is 30.5 Å². The molecule has 0 atom stereocenters. The van der Waals surface area contributed by atoms with Crippen LogP contribution in [0.15, 0.2) is 48.0 Å². The predicted octanol–water partition coefficient (Wildman–Crippen LogP) is 3.64.